The highest BCUT2D eigenvalue weighted by atomic mass is 16.5. The molecule has 0 spiro atoms. The number of aromatic carboxylic acids is 1. The molecule has 142 valence electrons. The maximum Gasteiger partial charge on any atom is 0.335 e. The number of carbonyl (C=O) groups is 1. The normalized spacial score (nSPS) is 11.3. The van der Waals surface area contributed by atoms with Gasteiger partial charge in [0.15, 0.2) is 0 Å². The Morgan fingerprint density at radius 3 is 2.46 bits per heavy atom. The molecule has 2 heterocycles. The Bertz CT molecular complexity index is 1300. The van der Waals surface area contributed by atoms with Crippen molar-refractivity contribution in [2.75, 3.05) is 5.73 Å². The molecular weight excluding hydrogens is 358 g/mol. The van der Waals surface area contributed by atoms with E-state index in [1.54, 1.807) is 12.1 Å². The number of carboxylic acids is 1. The van der Waals surface area contributed by atoms with Gasteiger partial charge in [0.1, 0.15) is 5.82 Å². The van der Waals surface area contributed by atoms with Gasteiger partial charge in [-0.1, -0.05) is 25.1 Å². The minimum Gasteiger partial charge on any atom is -0.478 e. The van der Waals surface area contributed by atoms with Crippen molar-refractivity contribution in [3.05, 3.63) is 53.6 Å². The number of aryl methyl sites for hydroxylation is 1. The van der Waals surface area contributed by atoms with Gasteiger partial charge in [0.05, 0.1) is 11.3 Å². The van der Waals surface area contributed by atoms with Crippen LogP contribution in [0.25, 0.3) is 33.1 Å². The number of hydrogen-bond donors (Lipinski definition) is 4. The Morgan fingerprint density at radius 2 is 1.82 bits per heavy atom. The number of hydrogen-bond acceptors (Lipinski definition) is 5. The fourth-order valence-electron chi connectivity index (χ4n) is 3.52. The number of nitrogens with zero attached hydrogens (tertiary/aromatic N) is 3. The van der Waals surface area contributed by atoms with Crippen LogP contribution in [0.15, 0.2) is 42.5 Å². The van der Waals surface area contributed by atoms with Crippen LogP contribution in [0.2, 0.25) is 0 Å². The van der Waals surface area contributed by atoms with Gasteiger partial charge in [-0.15, -0.1) is 4.73 Å². The molecule has 28 heavy (non-hydrogen) atoms. The van der Waals surface area contributed by atoms with Crippen molar-refractivity contribution in [3.8, 4) is 11.3 Å². The van der Waals surface area contributed by atoms with Gasteiger partial charge in [-0.2, -0.15) is 0 Å². The average Bonchev–Trinajstić information content (AvgIpc) is 2.98. The van der Waals surface area contributed by atoms with Crippen LogP contribution in [-0.4, -0.2) is 30.6 Å². The van der Waals surface area contributed by atoms with E-state index < -0.39 is 5.97 Å². The Kier molecular flexibility index (Phi) is 4.03. The lowest BCUT2D eigenvalue weighted by Gasteiger charge is -2.08. The Labute approximate surface area is 159 Å². The zero-order valence-corrected chi connectivity index (χ0v) is 15.2. The second-order valence-corrected chi connectivity index (χ2v) is 6.62. The van der Waals surface area contributed by atoms with E-state index in [-0.39, 0.29) is 17.0 Å². The SMILES string of the molecule is CCCn1c2cc(C(=O)O)ccc2c2ccc(-c3cc(N)n(O)c(=N)n3)cc21. The molecule has 0 atom stereocenters. The maximum atomic E-state index is 11.4. The van der Waals surface area contributed by atoms with E-state index in [0.717, 1.165) is 40.3 Å². The topological polar surface area (TPSA) is 130 Å². The monoisotopic (exact) mass is 377 g/mol. The lowest BCUT2D eigenvalue weighted by molar-refractivity contribution is 0.0697. The molecule has 5 N–H and O–H groups in total. The summed E-state index contributed by atoms with van der Waals surface area (Å²) in [6, 6.07) is 12.4. The first-order chi connectivity index (χ1) is 13.4. The van der Waals surface area contributed by atoms with Gasteiger partial charge < -0.3 is 20.6 Å². The largest absolute Gasteiger partial charge is 0.478 e. The van der Waals surface area contributed by atoms with Crippen molar-refractivity contribution in [1.82, 2.24) is 14.3 Å². The number of aromatic nitrogens is 3. The van der Waals surface area contributed by atoms with Crippen molar-refractivity contribution in [2.24, 2.45) is 0 Å². The van der Waals surface area contributed by atoms with Crippen LogP contribution < -0.4 is 11.4 Å². The van der Waals surface area contributed by atoms with Gasteiger partial charge in [0.25, 0.3) is 5.62 Å². The summed E-state index contributed by atoms with van der Waals surface area (Å²) in [5.74, 6) is -0.935. The smallest absolute Gasteiger partial charge is 0.335 e. The number of fused-ring (bicyclic) bond motifs is 3. The van der Waals surface area contributed by atoms with Gasteiger partial charge in [-0.05, 0) is 24.6 Å². The molecule has 0 radical (unpaired) electrons. The molecule has 4 rings (SSSR count). The van der Waals surface area contributed by atoms with E-state index >= 15 is 0 Å². The zero-order valence-electron chi connectivity index (χ0n) is 15.2. The van der Waals surface area contributed by atoms with Gasteiger partial charge >= 0.3 is 5.97 Å². The minimum atomic E-state index is -0.958. The second kappa shape index (κ2) is 6.41. The number of nitrogen functional groups attached to an aromatic ring is 1. The molecule has 0 aliphatic rings. The number of anilines is 1. The number of rotatable bonds is 4. The van der Waals surface area contributed by atoms with Crippen molar-refractivity contribution >= 4 is 33.6 Å². The Balaban J connectivity index is 2.01. The standard InChI is InChI=1S/C20H19N5O3/c1-2-7-24-16-8-11(15-10-18(21)25(28)20(22)23-15)3-5-13(16)14-6-4-12(19(26)27)9-17(14)24/h3-6,8-10,22,28H,2,7,21H2,1H3,(H,26,27). The summed E-state index contributed by atoms with van der Waals surface area (Å²) >= 11 is 0. The van der Waals surface area contributed by atoms with E-state index in [9.17, 15) is 15.1 Å². The molecule has 0 unspecified atom stereocenters. The van der Waals surface area contributed by atoms with Crippen LogP contribution >= 0.6 is 0 Å². The van der Waals surface area contributed by atoms with Crippen molar-refractivity contribution in [1.29, 1.82) is 5.41 Å². The van der Waals surface area contributed by atoms with E-state index in [2.05, 4.69) is 16.5 Å². The number of nitrogens with two attached hydrogens (primary N) is 1. The summed E-state index contributed by atoms with van der Waals surface area (Å²) in [4.78, 5) is 15.5. The predicted molar refractivity (Wildman–Crippen MR) is 105 cm³/mol. The minimum absolute atomic E-state index is 0.0234. The van der Waals surface area contributed by atoms with Crippen molar-refractivity contribution in [2.45, 2.75) is 19.9 Å². The lowest BCUT2D eigenvalue weighted by atomic mass is 10.1. The Morgan fingerprint density at radius 1 is 1.14 bits per heavy atom. The molecule has 0 amide bonds. The van der Waals surface area contributed by atoms with Gasteiger partial charge in [-0.25, -0.2) is 9.78 Å². The van der Waals surface area contributed by atoms with E-state index in [1.807, 2.05) is 24.3 Å². The first kappa shape index (κ1) is 17.6. The van der Waals surface area contributed by atoms with Crippen LogP contribution in [0.3, 0.4) is 0 Å². The molecule has 0 aliphatic heterocycles. The molecule has 0 saturated carbocycles. The van der Waals surface area contributed by atoms with Gasteiger partial charge in [-0.3, -0.25) is 5.41 Å². The van der Waals surface area contributed by atoms with Crippen molar-refractivity contribution in [3.63, 3.8) is 0 Å². The molecule has 2 aromatic heterocycles. The number of benzene rings is 2. The lowest BCUT2D eigenvalue weighted by Crippen LogP contribution is -2.23. The molecule has 0 fully saturated rings. The van der Waals surface area contributed by atoms with Crippen LogP contribution in [0.5, 0.6) is 0 Å². The molecule has 4 aromatic rings. The van der Waals surface area contributed by atoms with E-state index in [1.165, 1.54) is 6.07 Å². The highest BCUT2D eigenvalue weighted by Gasteiger charge is 2.14. The summed E-state index contributed by atoms with van der Waals surface area (Å²) in [6.07, 6.45) is 0.887. The first-order valence-electron chi connectivity index (χ1n) is 8.83. The van der Waals surface area contributed by atoms with Crippen LogP contribution in [0.4, 0.5) is 5.82 Å². The number of carboxylic acid groups (broad SMARTS) is 1. The van der Waals surface area contributed by atoms with Gasteiger partial charge in [0, 0.05) is 40.0 Å². The summed E-state index contributed by atoms with van der Waals surface area (Å²) in [6.45, 7) is 2.80. The molecule has 0 saturated heterocycles. The average molecular weight is 377 g/mol. The second-order valence-electron chi connectivity index (χ2n) is 6.62. The number of nitrogens with one attached hydrogen (secondary N) is 1. The summed E-state index contributed by atoms with van der Waals surface area (Å²) in [7, 11) is 0. The predicted octanol–water partition coefficient (Wildman–Crippen LogP) is 3.07. The van der Waals surface area contributed by atoms with E-state index in [0.29, 0.717) is 10.4 Å². The quantitative estimate of drug-likeness (QED) is 0.406. The Hall–Kier alpha value is -3.81. The summed E-state index contributed by atoms with van der Waals surface area (Å²) in [5, 5.41) is 28.7. The van der Waals surface area contributed by atoms with Crippen LogP contribution in [0, 0.1) is 5.41 Å². The van der Waals surface area contributed by atoms with Crippen molar-refractivity contribution < 1.29 is 15.1 Å². The third kappa shape index (κ3) is 2.66. The fourth-order valence-corrected chi connectivity index (χ4v) is 3.52. The zero-order chi connectivity index (χ0) is 20.0. The molecule has 0 bridgehead atoms. The molecule has 8 heteroatoms. The maximum absolute atomic E-state index is 11.4. The highest BCUT2D eigenvalue weighted by molar-refractivity contribution is 6.10. The molecular formula is C20H19N5O3. The molecule has 8 nitrogen and oxygen atoms in total. The summed E-state index contributed by atoms with van der Waals surface area (Å²) in [5.41, 5.74) is 8.69. The highest BCUT2D eigenvalue weighted by Crippen LogP contribution is 2.33. The van der Waals surface area contributed by atoms with E-state index in [4.69, 9.17) is 11.1 Å². The third-order valence-electron chi connectivity index (χ3n) is 4.81. The third-order valence-corrected chi connectivity index (χ3v) is 4.81. The van der Waals surface area contributed by atoms with Crippen LogP contribution in [0.1, 0.15) is 23.7 Å². The molecule has 2 aromatic carbocycles. The first-order valence-corrected chi connectivity index (χ1v) is 8.83. The molecule has 0 aliphatic carbocycles. The summed E-state index contributed by atoms with van der Waals surface area (Å²) < 4.78 is 2.62. The van der Waals surface area contributed by atoms with Gasteiger partial charge in [0.2, 0.25) is 0 Å². The van der Waals surface area contributed by atoms with Crippen LogP contribution in [-0.2, 0) is 6.54 Å². The fraction of sp³-hybridized carbons (Fsp3) is 0.150.